The molecule has 0 aliphatic carbocycles. The van der Waals surface area contributed by atoms with Gasteiger partial charge in [-0.1, -0.05) is 17.7 Å². The van der Waals surface area contributed by atoms with E-state index in [9.17, 15) is 14.4 Å². The number of ether oxygens (including phenoxy) is 3. The summed E-state index contributed by atoms with van der Waals surface area (Å²) in [5, 5.41) is 4.79. The second-order valence-electron chi connectivity index (χ2n) is 6.02. The zero-order valence-corrected chi connectivity index (χ0v) is 17.4. The van der Waals surface area contributed by atoms with Gasteiger partial charge in [0.2, 0.25) is 11.9 Å². The molecule has 0 bridgehead atoms. The Morgan fingerprint density at radius 2 is 1.69 bits per heavy atom. The molecule has 1 heterocycles. The zero-order chi connectivity index (χ0) is 21.2. The number of hydrogen-bond acceptors (Lipinski definition) is 8. The summed E-state index contributed by atoms with van der Waals surface area (Å²) < 4.78 is 15.3. The molecule has 0 unspecified atom stereocenters. The number of carbonyl (C=O) groups excluding carboxylic acids is 3. The lowest BCUT2D eigenvalue weighted by molar-refractivity contribution is -0.159. The minimum atomic E-state index is -1.50. The van der Waals surface area contributed by atoms with Gasteiger partial charge in [0.15, 0.2) is 0 Å². The Labute approximate surface area is 173 Å². The van der Waals surface area contributed by atoms with Gasteiger partial charge in [-0.15, -0.1) is 11.3 Å². The second kappa shape index (κ2) is 11.2. The highest BCUT2D eigenvalue weighted by Gasteiger charge is 2.31. The number of benzene rings is 1. The van der Waals surface area contributed by atoms with E-state index in [1.165, 1.54) is 11.3 Å². The molecule has 9 heteroatoms. The average Bonchev–Trinajstić information content (AvgIpc) is 3.13. The van der Waals surface area contributed by atoms with Crippen molar-refractivity contribution in [2.24, 2.45) is 0 Å². The summed E-state index contributed by atoms with van der Waals surface area (Å²) in [6.07, 6.45) is -0.0870. The number of aryl methyl sites for hydroxylation is 1. The highest BCUT2D eigenvalue weighted by atomic mass is 32.1. The van der Waals surface area contributed by atoms with Gasteiger partial charge >= 0.3 is 11.9 Å². The van der Waals surface area contributed by atoms with Crippen LogP contribution in [0.1, 0.15) is 30.1 Å². The number of thiazole rings is 1. The van der Waals surface area contributed by atoms with Crippen molar-refractivity contribution in [3.63, 3.8) is 0 Å². The third-order valence-electron chi connectivity index (χ3n) is 3.67. The summed E-state index contributed by atoms with van der Waals surface area (Å²) in [6.45, 7) is 5.66. The fraction of sp³-hybridized carbons (Fsp3) is 0.400. The smallest absolute Gasteiger partial charge is 0.340 e. The molecule has 156 valence electrons. The highest BCUT2D eigenvalue weighted by Crippen LogP contribution is 2.16. The Morgan fingerprint density at radius 1 is 1.07 bits per heavy atom. The Morgan fingerprint density at radius 3 is 2.28 bits per heavy atom. The molecule has 1 amide bonds. The molecule has 0 atom stereocenters. The van der Waals surface area contributed by atoms with Crippen LogP contribution in [-0.4, -0.2) is 42.1 Å². The van der Waals surface area contributed by atoms with Crippen molar-refractivity contribution < 1.29 is 28.6 Å². The fourth-order valence-electron chi connectivity index (χ4n) is 2.32. The first-order valence-electron chi connectivity index (χ1n) is 9.18. The maximum Gasteiger partial charge on any atom is 0.340 e. The lowest BCUT2D eigenvalue weighted by Gasteiger charge is -2.15. The molecule has 2 aromatic rings. The van der Waals surface area contributed by atoms with Gasteiger partial charge in [-0.3, -0.25) is 4.79 Å². The molecule has 0 saturated carbocycles. The first-order chi connectivity index (χ1) is 13.9. The molecule has 8 nitrogen and oxygen atoms in total. The molecular formula is C20H24N2O6S. The molecule has 1 aromatic heterocycles. The number of nitrogens with zero attached hydrogens (tertiary/aromatic N) is 1. The largest absolute Gasteiger partial charge is 0.486 e. The van der Waals surface area contributed by atoms with Gasteiger partial charge in [-0.25, -0.2) is 14.6 Å². The van der Waals surface area contributed by atoms with Gasteiger partial charge in [-0.2, -0.15) is 0 Å². The molecule has 0 spiro atoms. The predicted molar refractivity (Wildman–Crippen MR) is 107 cm³/mol. The van der Waals surface area contributed by atoms with Crippen molar-refractivity contribution in [2.45, 2.75) is 39.8 Å². The standard InChI is InChI=1S/C20H24N2O6S/c1-4-26-19(24)18(20(25)27-5-2)22-16(23)10-14-12-29-17(21-14)11-28-15-8-6-13(3)7-9-15/h6-9,12,18H,4-5,10-11H2,1-3H3,(H,22,23). The Balaban J connectivity index is 1.91. The molecule has 0 saturated heterocycles. The van der Waals surface area contributed by atoms with E-state index in [0.29, 0.717) is 10.7 Å². The molecule has 0 aliphatic rings. The van der Waals surface area contributed by atoms with E-state index in [0.717, 1.165) is 11.3 Å². The first-order valence-corrected chi connectivity index (χ1v) is 10.1. The third kappa shape index (κ3) is 7.19. The predicted octanol–water partition coefficient (Wildman–Crippen LogP) is 2.18. The summed E-state index contributed by atoms with van der Waals surface area (Å²) in [4.78, 5) is 40.5. The molecule has 0 fully saturated rings. The lowest BCUT2D eigenvalue weighted by Crippen LogP contribution is -2.48. The second-order valence-corrected chi connectivity index (χ2v) is 6.96. The molecule has 1 aromatic carbocycles. The quantitative estimate of drug-likeness (QED) is 0.464. The van der Waals surface area contributed by atoms with Crippen molar-refractivity contribution in [3.8, 4) is 5.75 Å². The van der Waals surface area contributed by atoms with E-state index >= 15 is 0 Å². The van der Waals surface area contributed by atoms with Crippen LogP contribution in [0.5, 0.6) is 5.75 Å². The van der Waals surface area contributed by atoms with Crippen LogP contribution in [-0.2, 0) is 36.9 Å². The van der Waals surface area contributed by atoms with Crippen molar-refractivity contribution >= 4 is 29.2 Å². The van der Waals surface area contributed by atoms with Crippen LogP contribution in [0.4, 0.5) is 0 Å². The topological polar surface area (TPSA) is 104 Å². The van der Waals surface area contributed by atoms with Crippen LogP contribution in [0.2, 0.25) is 0 Å². The minimum absolute atomic E-state index is 0.0844. The summed E-state index contributed by atoms with van der Waals surface area (Å²) >= 11 is 1.36. The number of carbonyl (C=O) groups is 3. The van der Waals surface area contributed by atoms with Crippen LogP contribution in [0.3, 0.4) is 0 Å². The fourth-order valence-corrected chi connectivity index (χ4v) is 3.02. The van der Waals surface area contributed by atoms with Gasteiger partial charge in [0.25, 0.3) is 0 Å². The van der Waals surface area contributed by atoms with Crippen molar-refractivity contribution in [3.05, 3.63) is 45.9 Å². The highest BCUT2D eigenvalue weighted by molar-refractivity contribution is 7.09. The SMILES string of the molecule is CCOC(=O)C(NC(=O)Cc1csc(COc2ccc(C)cc2)n1)C(=O)OCC. The maximum absolute atomic E-state index is 12.3. The van der Waals surface area contributed by atoms with Crippen molar-refractivity contribution in [2.75, 3.05) is 13.2 Å². The molecular weight excluding hydrogens is 396 g/mol. The van der Waals surface area contributed by atoms with E-state index in [2.05, 4.69) is 10.3 Å². The number of hydrogen-bond donors (Lipinski definition) is 1. The first kappa shape index (κ1) is 22.4. The molecule has 0 radical (unpaired) electrons. The van der Waals surface area contributed by atoms with Gasteiger partial charge in [-0.05, 0) is 32.9 Å². The molecule has 29 heavy (non-hydrogen) atoms. The maximum atomic E-state index is 12.3. The van der Waals surface area contributed by atoms with Gasteiger partial charge < -0.3 is 19.5 Å². The summed E-state index contributed by atoms with van der Waals surface area (Å²) in [6, 6.07) is 6.17. The summed E-state index contributed by atoms with van der Waals surface area (Å²) in [5.41, 5.74) is 1.66. The van der Waals surface area contributed by atoms with E-state index in [1.54, 1.807) is 19.2 Å². The number of nitrogens with one attached hydrogen (secondary N) is 1. The molecule has 0 aliphatic heterocycles. The van der Waals surface area contributed by atoms with Crippen LogP contribution in [0, 0.1) is 6.92 Å². The molecule has 2 rings (SSSR count). The average molecular weight is 420 g/mol. The Hall–Kier alpha value is -2.94. The third-order valence-corrected chi connectivity index (χ3v) is 4.55. The summed E-state index contributed by atoms with van der Waals surface area (Å²) in [7, 11) is 0. The van der Waals surface area contributed by atoms with E-state index in [1.807, 2.05) is 31.2 Å². The van der Waals surface area contributed by atoms with Crippen LogP contribution in [0.15, 0.2) is 29.6 Å². The Kier molecular flexibility index (Phi) is 8.60. The number of esters is 2. The van der Waals surface area contributed by atoms with E-state index in [4.69, 9.17) is 14.2 Å². The minimum Gasteiger partial charge on any atom is -0.486 e. The number of amides is 1. The Bertz CT molecular complexity index is 816. The normalized spacial score (nSPS) is 10.5. The van der Waals surface area contributed by atoms with Crippen molar-refractivity contribution in [1.29, 1.82) is 0 Å². The number of aromatic nitrogens is 1. The number of rotatable bonds is 10. The van der Waals surface area contributed by atoms with E-state index in [-0.39, 0.29) is 26.2 Å². The van der Waals surface area contributed by atoms with Crippen LogP contribution >= 0.6 is 11.3 Å². The zero-order valence-electron chi connectivity index (χ0n) is 16.6. The van der Waals surface area contributed by atoms with Crippen LogP contribution in [0.25, 0.3) is 0 Å². The van der Waals surface area contributed by atoms with Gasteiger partial charge in [0, 0.05) is 5.38 Å². The van der Waals surface area contributed by atoms with Crippen molar-refractivity contribution in [1.82, 2.24) is 10.3 Å². The lowest BCUT2D eigenvalue weighted by atomic mass is 10.2. The monoisotopic (exact) mass is 420 g/mol. The van der Waals surface area contributed by atoms with Crippen LogP contribution < -0.4 is 10.1 Å². The molecule has 1 N–H and O–H groups in total. The summed E-state index contributed by atoms with van der Waals surface area (Å²) in [5.74, 6) is -1.52. The van der Waals surface area contributed by atoms with E-state index < -0.39 is 23.9 Å². The van der Waals surface area contributed by atoms with Gasteiger partial charge in [0.1, 0.15) is 17.4 Å². The van der Waals surface area contributed by atoms with Gasteiger partial charge in [0.05, 0.1) is 25.3 Å².